The van der Waals surface area contributed by atoms with E-state index < -0.39 is 17.7 Å². The second-order valence-corrected chi connectivity index (χ2v) is 7.24. The van der Waals surface area contributed by atoms with Gasteiger partial charge in [0.05, 0.1) is 10.2 Å². The fourth-order valence-electron chi connectivity index (χ4n) is 3.03. The van der Waals surface area contributed by atoms with E-state index in [9.17, 15) is 18.4 Å². The summed E-state index contributed by atoms with van der Waals surface area (Å²) in [6.07, 6.45) is 3.22. The van der Waals surface area contributed by atoms with Crippen LogP contribution >= 0.6 is 11.3 Å². The lowest BCUT2D eigenvalue weighted by Gasteiger charge is -2.23. The minimum absolute atomic E-state index is 0.0566. The molecular formula is C16H15F2N3O2S. The molecule has 2 aliphatic rings. The van der Waals surface area contributed by atoms with E-state index >= 15 is 0 Å². The Balaban J connectivity index is 1.52. The summed E-state index contributed by atoms with van der Waals surface area (Å²) in [6.45, 7) is 0.601. The molecule has 1 aliphatic carbocycles. The van der Waals surface area contributed by atoms with Gasteiger partial charge < -0.3 is 10.2 Å². The van der Waals surface area contributed by atoms with Gasteiger partial charge in [0.25, 0.3) is 0 Å². The van der Waals surface area contributed by atoms with Crippen LogP contribution in [0, 0.1) is 17.6 Å². The minimum atomic E-state index is -0.970. The van der Waals surface area contributed by atoms with Crippen molar-refractivity contribution in [2.75, 3.05) is 11.9 Å². The number of likely N-dealkylation sites (tertiary alicyclic amines) is 1. The van der Waals surface area contributed by atoms with Crippen molar-refractivity contribution in [2.24, 2.45) is 5.92 Å². The van der Waals surface area contributed by atoms with Crippen LogP contribution in [0.25, 0.3) is 10.2 Å². The maximum Gasteiger partial charge on any atom is 0.248 e. The van der Waals surface area contributed by atoms with Gasteiger partial charge in [-0.05, 0) is 31.7 Å². The largest absolute Gasteiger partial charge is 0.330 e. The van der Waals surface area contributed by atoms with E-state index in [0.29, 0.717) is 23.2 Å². The fourth-order valence-corrected chi connectivity index (χ4v) is 3.91. The Hall–Kier alpha value is -2.09. The summed E-state index contributed by atoms with van der Waals surface area (Å²) < 4.78 is 27.0. The lowest BCUT2D eigenvalue weighted by Crippen LogP contribution is -2.43. The molecule has 2 amide bonds. The molecule has 0 radical (unpaired) electrons. The van der Waals surface area contributed by atoms with E-state index in [4.69, 9.17) is 0 Å². The first-order valence-corrected chi connectivity index (χ1v) is 8.71. The standard InChI is InChI=1S/C16H15F2N3O2S/c17-9-6-11-13(7-10(9)18)24-16(19-11)20-14(22)12-2-1-5-21(12)15(23)8-3-4-8/h6-8,12H,1-5H2,(H,19,20,22). The van der Waals surface area contributed by atoms with Crippen molar-refractivity contribution < 1.29 is 18.4 Å². The number of hydrogen-bond acceptors (Lipinski definition) is 4. The molecule has 24 heavy (non-hydrogen) atoms. The van der Waals surface area contributed by atoms with Gasteiger partial charge in [-0.15, -0.1) is 0 Å². The Kier molecular flexibility index (Phi) is 3.71. The van der Waals surface area contributed by atoms with Crippen LogP contribution in [0.1, 0.15) is 25.7 Å². The number of nitrogens with zero attached hydrogens (tertiary/aromatic N) is 2. The van der Waals surface area contributed by atoms with Crippen molar-refractivity contribution >= 4 is 38.5 Å². The predicted molar refractivity (Wildman–Crippen MR) is 85.6 cm³/mol. The number of amides is 2. The zero-order valence-electron chi connectivity index (χ0n) is 12.7. The van der Waals surface area contributed by atoms with Crippen LogP contribution in [-0.2, 0) is 9.59 Å². The molecule has 1 unspecified atom stereocenters. The summed E-state index contributed by atoms with van der Waals surface area (Å²) in [5.41, 5.74) is 0.298. The number of fused-ring (bicyclic) bond motifs is 1. The van der Waals surface area contributed by atoms with Gasteiger partial charge in [-0.3, -0.25) is 9.59 Å². The number of anilines is 1. The summed E-state index contributed by atoms with van der Waals surface area (Å²) in [6, 6.07) is 1.59. The van der Waals surface area contributed by atoms with Gasteiger partial charge >= 0.3 is 0 Å². The third kappa shape index (κ3) is 2.75. The van der Waals surface area contributed by atoms with Crippen LogP contribution in [-0.4, -0.2) is 34.3 Å². The molecule has 8 heteroatoms. The first-order valence-electron chi connectivity index (χ1n) is 7.90. The maximum absolute atomic E-state index is 13.3. The van der Waals surface area contributed by atoms with Crippen molar-refractivity contribution in [3.05, 3.63) is 23.8 Å². The number of aromatic nitrogens is 1. The van der Waals surface area contributed by atoms with Gasteiger partial charge in [-0.2, -0.15) is 0 Å². The number of rotatable bonds is 3. The van der Waals surface area contributed by atoms with Crippen molar-refractivity contribution in [1.82, 2.24) is 9.88 Å². The summed E-state index contributed by atoms with van der Waals surface area (Å²) in [7, 11) is 0. The van der Waals surface area contributed by atoms with E-state index in [2.05, 4.69) is 10.3 Å². The summed E-state index contributed by atoms with van der Waals surface area (Å²) >= 11 is 1.08. The van der Waals surface area contributed by atoms with Crippen LogP contribution in [0.3, 0.4) is 0 Å². The number of carbonyl (C=O) groups excluding carboxylic acids is 2. The highest BCUT2D eigenvalue weighted by Crippen LogP contribution is 2.34. The second-order valence-electron chi connectivity index (χ2n) is 6.21. The van der Waals surface area contributed by atoms with Crippen molar-refractivity contribution in [1.29, 1.82) is 0 Å². The van der Waals surface area contributed by atoms with Crippen molar-refractivity contribution in [3.63, 3.8) is 0 Å². The minimum Gasteiger partial charge on any atom is -0.330 e. The van der Waals surface area contributed by atoms with Gasteiger partial charge in [0.2, 0.25) is 11.8 Å². The average molecular weight is 351 g/mol. The molecule has 4 rings (SSSR count). The Morgan fingerprint density at radius 1 is 1.21 bits per heavy atom. The van der Waals surface area contributed by atoms with Crippen LogP contribution in [0.2, 0.25) is 0 Å². The normalized spacial score (nSPS) is 20.6. The molecule has 1 aliphatic heterocycles. The average Bonchev–Trinajstić information content (AvgIpc) is 3.15. The maximum atomic E-state index is 13.3. The Labute approximate surface area is 140 Å². The lowest BCUT2D eigenvalue weighted by molar-refractivity contribution is -0.137. The van der Waals surface area contributed by atoms with Gasteiger partial charge in [0, 0.05) is 18.5 Å². The first-order chi connectivity index (χ1) is 11.5. The number of hydrogen-bond donors (Lipinski definition) is 1. The summed E-state index contributed by atoms with van der Waals surface area (Å²) in [5, 5.41) is 2.97. The molecule has 126 valence electrons. The third-order valence-corrected chi connectivity index (χ3v) is 5.36. The zero-order chi connectivity index (χ0) is 16.8. The van der Waals surface area contributed by atoms with Crippen LogP contribution in [0.5, 0.6) is 0 Å². The molecule has 2 fully saturated rings. The molecule has 1 N–H and O–H groups in total. The number of nitrogens with one attached hydrogen (secondary N) is 1. The Morgan fingerprint density at radius 3 is 2.71 bits per heavy atom. The van der Waals surface area contributed by atoms with E-state index in [1.807, 2.05) is 0 Å². The van der Waals surface area contributed by atoms with Gasteiger partial charge in [0.1, 0.15) is 6.04 Å². The molecule has 2 aromatic rings. The van der Waals surface area contributed by atoms with Crippen LogP contribution < -0.4 is 5.32 Å². The Bertz CT molecular complexity index is 795. The van der Waals surface area contributed by atoms with E-state index in [-0.39, 0.29) is 22.9 Å². The fraction of sp³-hybridized carbons (Fsp3) is 0.438. The SMILES string of the molecule is O=C(Nc1nc2cc(F)c(F)cc2s1)C1CCCN1C(=O)C1CC1. The second kappa shape index (κ2) is 5.77. The van der Waals surface area contributed by atoms with Crippen molar-refractivity contribution in [3.8, 4) is 0 Å². The Morgan fingerprint density at radius 2 is 1.96 bits per heavy atom. The quantitative estimate of drug-likeness (QED) is 0.925. The highest BCUT2D eigenvalue weighted by Gasteiger charge is 2.41. The molecule has 0 spiro atoms. The van der Waals surface area contributed by atoms with E-state index in [1.54, 1.807) is 4.90 Å². The molecule has 0 bridgehead atoms. The van der Waals surface area contributed by atoms with E-state index in [0.717, 1.165) is 42.7 Å². The lowest BCUT2D eigenvalue weighted by atomic mass is 10.2. The predicted octanol–water partition coefficient (Wildman–Crippen LogP) is 2.91. The number of thiazole rings is 1. The molecule has 5 nitrogen and oxygen atoms in total. The van der Waals surface area contributed by atoms with Gasteiger partial charge in [-0.25, -0.2) is 13.8 Å². The molecule has 1 aromatic carbocycles. The molecule has 1 atom stereocenters. The molecular weight excluding hydrogens is 336 g/mol. The molecule has 2 heterocycles. The zero-order valence-corrected chi connectivity index (χ0v) is 13.5. The third-order valence-electron chi connectivity index (χ3n) is 4.43. The summed E-state index contributed by atoms with van der Waals surface area (Å²) in [5.74, 6) is -2.07. The molecule has 1 saturated carbocycles. The monoisotopic (exact) mass is 351 g/mol. The topological polar surface area (TPSA) is 62.3 Å². The van der Waals surface area contributed by atoms with Crippen LogP contribution in [0.15, 0.2) is 12.1 Å². The number of carbonyl (C=O) groups is 2. The highest BCUT2D eigenvalue weighted by molar-refractivity contribution is 7.22. The summed E-state index contributed by atoms with van der Waals surface area (Å²) in [4.78, 5) is 30.5. The molecule has 1 aromatic heterocycles. The van der Waals surface area contributed by atoms with Crippen molar-refractivity contribution in [2.45, 2.75) is 31.7 Å². The molecule has 1 saturated heterocycles. The first kappa shape index (κ1) is 15.4. The highest BCUT2D eigenvalue weighted by atomic mass is 32.1. The number of benzene rings is 1. The van der Waals surface area contributed by atoms with Crippen LogP contribution in [0.4, 0.5) is 13.9 Å². The van der Waals surface area contributed by atoms with Gasteiger partial charge in [0.15, 0.2) is 16.8 Å². The number of halogens is 2. The van der Waals surface area contributed by atoms with Gasteiger partial charge in [-0.1, -0.05) is 11.3 Å². The smallest absolute Gasteiger partial charge is 0.248 e. The van der Waals surface area contributed by atoms with E-state index in [1.165, 1.54) is 0 Å².